The monoisotopic (exact) mass is 500 g/mol. The van der Waals surface area contributed by atoms with Crippen LogP contribution < -0.4 is 0 Å². The molecule has 1 fully saturated rings. The summed E-state index contributed by atoms with van der Waals surface area (Å²) in [6, 6.07) is 27.8. The van der Waals surface area contributed by atoms with Crippen LogP contribution in [0.3, 0.4) is 0 Å². The molecule has 2 spiro atoms. The summed E-state index contributed by atoms with van der Waals surface area (Å²) < 4.78 is 6.61. The first-order valence-corrected chi connectivity index (χ1v) is 12.3. The number of aromatic hydroxyl groups is 1. The Balaban J connectivity index is 1.59. The molecule has 1 aliphatic heterocycles. The lowest BCUT2D eigenvalue weighted by Gasteiger charge is -2.34. The number of rotatable bonds is 2. The van der Waals surface area contributed by atoms with Crippen molar-refractivity contribution in [2.24, 2.45) is 5.41 Å². The fourth-order valence-corrected chi connectivity index (χ4v) is 6.62. The van der Waals surface area contributed by atoms with E-state index in [9.17, 15) is 24.3 Å². The van der Waals surface area contributed by atoms with Crippen LogP contribution in [0.15, 0.2) is 103 Å². The van der Waals surface area contributed by atoms with Crippen LogP contribution in [0.25, 0.3) is 0 Å². The second-order valence-electron chi connectivity index (χ2n) is 9.95. The molecule has 38 heavy (non-hydrogen) atoms. The van der Waals surface area contributed by atoms with Crippen LogP contribution in [0.2, 0.25) is 0 Å². The number of ether oxygens (including phenoxy) is 1. The van der Waals surface area contributed by atoms with E-state index in [0.717, 1.165) is 0 Å². The van der Waals surface area contributed by atoms with Gasteiger partial charge in [0.1, 0.15) is 17.3 Å². The number of hydrogen-bond acceptors (Lipinski definition) is 6. The summed E-state index contributed by atoms with van der Waals surface area (Å²) in [6.07, 6.45) is -1.21. The van der Waals surface area contributed by atoms with Gasteiger partial charge >= 0.3 is 0 Å². The maximum absolute atomic E-state index is 14.5. The highest BCUT2D eigenvalue weighted by molar-refractivity contribution is 6.37. The van der Waals surface area contributed by atoms with Gasteiger partial charge in [-0.1, -0.05) is 91.0 Å². The van der Waals surface area contributed by atoms with E-state index in [1.54, 1.807) is 91.0 Å². The average molecular weight is 501 g/mol. The molecule has 0 bridgehead atoms. The Kier molecular flexibility index (Phi) is 4.54. The van der Waals surface area contributed by atoms with E-state index in [-0.39, 0.29) is 28.0 Å². The van der Waals surface area contributed by atoms with Crippen LogP contribution >= 0.6 is 0 Å². The van der Waals surface area contributed by atoms with Crippen molar-refractivity contribution in [3.63, 3.8) is 0 Å². The van der Waals surface area contributed by atoms with Crippen LogP contribution in [0.1, 0.15) is 64.6 Å². The van der Waals surface area contributed by atoms with Gasteiger partial charge < -0.3 is 9.84 Å². The molecule has 0 amide bonds. The van der Waals surface area contributed by atoms with E-state index in [1.807, 2.05) is 0 Å². The van der Waals surface area contributed by atoms with Gasteiger partial charge in [0, 0.05) is 22.3 Å². The van der Waals surface area contributed by atoms with Crippen molar-refractivity contribution < 1.29 is 29.0 Å². The van der Waals surface area contributed by atoms with Crippen molar-refractivity contribution in [3.8, 4) is 5.75 Å². The minimum Gasteiger partial charge on any atom is -0.508 e. The van der Waals surface area contributed by atoms with Crippen molar-refractivity contribution in [2.75, 3.05) is 0 Å². The summed E-state index contributed by atoms with van der Waals surface area (Å²) in [5.74, 6) is -3.44. The highest BCUT2D eigenvalue weighted by Gasteiger charge is 2.79. The molecule has 7 rings (SSSR count). The Morgan fingerprint density at radius 1 is 0.526 bits per heavy atom. The van der Waals surface area contributed by atoms with Crippen molar-refractivity contribution >= 4 is 23.1 Å². The molecule has 0 unspecified atom stereocenters. The minimum atomic E-state index is -2.14. The molecular formula is C32H20O6. The van der Waals surface area contributed by atoms with E-state index in [1.165, 1.54) is 12.1 Å². The van der Waals surface area contributed by atoms with Crippen molar-refractivity contribution in [1.29, 1.82) is 0 Å². The third kappa shape index (κ3) is 2.55. The van der Waals surface area contributed by atoms with Crippen molar-refractivity contribution in [1.82, 2.24) is 0 Å². The van der Waals surface area contributed by atoms with Gasteiger partial charge in [0.15, 0.2) is 11.6 Å². The Hall–Kier alpha value is -4.68. The summed E-state index contributed by atoms with van der Waals surface area (Å²) in [7, 11) is 0. The van der Waals surface area contributed by atoms with Gasteiger partial charge in [0.25, 0.3) is 0 Å². The first-order valence-electron chi connectivity index (χ1n) is 12.3. The third-order valence-electron chi connectivity index (χ3n) is 8.17. The molecule has 0 radical (unpaired) electrons. The van der Waals surface area contributed by atoms with Gasteiger partial charge in [-0.05, 0) is 23.3 Å². The molecule has 1 N–H and O–H groups in total. The number of fused-ring (bicyclic) bond motifs is 2. The molecule has 6 nitrogen and oxygen atoms in total. The number of benzene rings is 4. The molecule has 1 heterocycles. The number of carbonyl (C=O) groups is 4. The lowest BCUT2D eigenvalue weighted by molar-refractivity contribution is -0.0210. The molecule has 2 aliphatic carbocycles. The molecule has 6 heteroatoms. The molecule has 184 valence electrons. The SMILES string of the molecule is O=C1c2ccccc2C(=O)C12O[C@@H](c1ccccc1)C1(C(=O)c3ccccc3C1=O)[C@@H]2c1ccc(O)cc1. The van der Waals surface area contributed by atoms with Gasteiger partial charge in [-0.3, -0.25) is 19.2 Å². The zero-order chi connectivity index (χ0) is 26.2. The number of ketones is 4. The van der Waals surface area contributed by atoms with E-state index in [4.69, 9.17) is 4.74 Å². The van der Waals surface area contributed by atoms with E-state index < -0.39 is 46.2 Å². The summed E-state index contributed by atoms with van der Waals surface area (Å²) in [5.41, 5.74) is -2.31. The lowest BCUT2D eigenvalue weighted by atomic mass is 9.60. The first kappa shape index (κ1) is 22.5. The lowest BCUT2D eigenvalue weighted by Crippen LogP contribution is -2.51. The zero-order valence-corrected chi connectivity index (χ0v) is 20.0. The molecule has 4 aromatic carbocycles. The quantitative estimate of drug-likeness (QED) is 0.383. The number of phenolic OH excluding ortho intramolecular Hbond substituents is 1. The maximum atomic E-state index is 14.5. The Morgan fingerprint density at radius 3 is 1.47 bits per heavy atom. The van der Waals surface area contributed by atoms with Crippen LogP contribution in [-0.2, 0) is 4.74 Å². The number of phenols is 1. The van der Waals surface area contributed by atoms with Gasteiger partial charge in [-0.2, -0.15) is 0 Å². The zero-order valence-electron chi connectivity index (χ0n) is 20.0. The summed E-state index contributed by atoms with van der Waals surface area (Å²) in [5, 5.41) is 10.0. The largest absolute Gasteiger partial charge is 0.508 e. The Bertz CT molecular complexity index is 1610. The molecular weight excluding hydrogens is 480 g/mol. The first-order chi connectivity index (χ1) is 18.4. The van der Waals surface area contributed by atoms with Crippen LogP contribution in [0.5, 0.6) is 5.75 Å². The second kappa shape index (κ2) is 7.66. The standard InChI is InChI=1S/C32H20O6/c33-20-16-14-18(15-17-20)25-31(26(34)21-10-4-5-11-22(21)27(31)35)30(19-8-2-1-3-9-19)38-32(25)28(36)23-12-6-7-13-24(23)29(32)37/h1-17,25,30,33H/t25-,30-/m0/s1. The number of carbonyl (C=O) groups excluding carboxylic acids is 4. The van der Waals surface area contributed by atoms with Gasteiger partial charge in [-0.25, -0.2) is 0 Å². The molecule has 0 saturated carbocycles. The molecule has 4 aromatic rings. The molecule has 1 saturated heterocycles. The summed E-state index contributed by atoms with van der Waals surface area (Å²) in [4.78, 5) is 57.6. The van der Waals surface area contributed by atoms with Gasteiger partial charge in [-0.15, -0.1) is 0 Å². The van der Waals surface area contributed by atoms with Crippen LogP contribution in [0, 0.1) is 5.41 Å². The van der Waals surface area contributed by atoms with Crippen LogP contribution in [0.4, 0.5) is 0 Å². The fourth-order valence-electron chi connectivity index (χ4n) is 6.62. The Morgan fingerprint density at radius 2 is 0.974 bits per heavy atom. The fraction of sp³-hybridized carbons (Fsp3) is 0.125. The van der Waals surface area contributed by atoms with Crippen LogP contribution in [-0.4, -0.2) is 33.8 Å². The summed E-state index contributed by atoms with van der Waals surface area (Å²) in [6.45, 7) is 0. The predicted octanol–water partition coefficient (Wildman–Crippen LogP) is 5.13. The van der Waals surface area contributed by atoms with E-state index in [2.05, 4.69) is 0 Å². The van der Waals surface area contributed by atoms with Gasteiger partial charge in [0.05, 0.1) is 5.92 Å². The number of Topliss-reactive ketones (excluding diaryl/α,β-unsaturated/α-hetero) is 4. The minimum absolute atomic E-state index is 0.0323. The third-order valence-corrected chi connectivity index (χ3v) is 8.17. The summed E-state index contributed by atoms with van der Waals surface area (Å²) >= 11 is 0. The number of hydrogen-bond donors (Lipinski definition) is 1. The Labute approximate surface area is 217 Å². The van der Waals surface area contributed by atoms with E-state index in [0.29, 0.717) is 11.1 Å². The second-order valence-corrected chi connectivity index (χ2v) is 9.95. The van der Waals surface area contributed by atoms with Crippen molar-refractivity contribution in [3.05, 3.63) is 137 Å². The average Bonchev–Trinajstić information content (AvgIpc) is 3.48. The normalized spacial score (nSPS) is 22.3. The van der Waals surface area contributed by atoms with E-state index >= 15 is 0 Å². The molecule has 0 aromatic heterocycles. The van der Waals surface area contributed by atoms with Crippen molar-refractivity contribution in [2.45, 2.75) is 17.6 Å². The topological polar surface area (TPSA) is 97.7 Å². The smallest absolute Gasteiger partial charge is 0.204 e. The molecule has 2 atom stereocenters. The highest BCUT2D eigenvalue weighted by atomic mass is 16.5. The predicted molar refractivity (Wildman–Crippen MR) is 136 cm³/mol. The molecule has 3 aliphatic rings. The van der Waals surface area contributed by atoms with Gasteiger partial charge in [0.2, 0.25) is 17.2 Å². The highest BCUT2D eigenvalue weighted by Crippen LogP contribution is 2.67. The maximum Gasteiger partial charge on any atom is 0.204 e.